The van der Waals surface area contributed by atoms with Crippen LogP contribution >= 0.6 is 0 Å². The first-order valence-electron chi connectivity index (χ1n) is 11.7. The smallest absolute Gasteiger partial charge is 0.419 e. The second-order valence-corrected chi connectivity index (χ2v) is 10.3. The zero-order valence-corrected chi connectivity index (χ0v) is 19.5. The number of amides is 1. The summed E-state index contributed by atoms with van der Waals surface area (Å²) in [5.41, 5.74) is -1.66. The number of rotatable bonds is 4. The summed E-state index contributed by atoms with van der Waals surface area (Å²) in [6, 6.07) is 6.25. The monoisotopic (exact) mass is 538 g/mol. The summed E-state index contributed by atoms with van der Waals surface area (Å²) >= 11 is 0. The van der Waals surface area contributed by atoms with Crippen molar-refractivity contribution in [3.63, 3.8) is 0 Å². The van der Waals surface area contributed by atoms with Gasteiger partial charge in [0.1, 0.15) is 5.75 Å². The number of ether oxygens (including phenoxy) is 1. The largest absolute Gasteiger partial charge is 0.480 e. The molecule has 3 aliphatic carbocycles. The van der Waals surface area contributed by atoms with E-state index in [1.807, 2.05) is 0 Å². The molecule has 7 nitrogen and oxygen atoms in total. The average Bonchev–Trinajstić information content (AvgIpc) is 3.30. The van der Waals surface area contributed by atoms with Gasteiger partial charge in [0.15, 0.2) is 11.9 Å². The minimum absolute atomic E-state index is 0.0126. The van der Waals surface area contributed by atoms with E-state index in [0.29, 0.717) is 19.3 Å². The van der Waals surface area contributed by atoms with Crippen LogP contribution in [0.4, 0.5) is 26.3 Å². The average molecular weight is 538 g/mol. The topological polar surface area (TPSA) is 89.3 Å². The van der Waals surface area contributed by atoms with E-state index in [1.54, 1.807) is 12.1 Å². The van der Waals surface area contributed by atoms with Crippen molar-refractivity contribution < 1.29 is 41.0 Å². The molecule has 3 aromatic rings. The van der Waals surface area contributed by atoms with E-state index in [0.717, 1.165) is 40.8 Å². The number of carbonyl (C=O) groups excluding carboxylic acids is 1. The molecule has 2 aromatic heterocycles. The van der Waals surface area contributed by atoms with Crippen molar-refractivity contribution in [1.29, 1.82) is 0 Å². The van der Waals surface area contributed by atoms with Crippen LogP contribution in [0.25, 0.3) is 5.82 Å². The first-order chi connectivity index (χ1) is 17.8. The quantitative estimate of drug-likeness (QED) is 0.479. The molecule has 2 N–H and O–H groups in total. The number of aliphatic hydroxyl groups excluding tert-OH is 1. The molecule has 38 heavy (non-hydrogen) atoms. The number of hydrogen-bond donors (Lipinski definition) is 2. The zero-order valence-electron chi connectivity index (χ0n) is 19.5. The van der Waals surface area contributed by atoms with E-state index < -0.39 is 47.1 Å². The van der Waals surface area contributed by atoms with Crippen LogP contribution in [-0.2, 0) is 22.6 Å². The van der Waals surface area contributed by atoms with E-state index in [1.165, 1.54) is 6.20 Å². The maximum Gasteiger partial charge on any atom is 0.419 e. The number of pyridine rings is 1. The first-order valence-corrected chi connectivity index (χ1v) is 11.7. The van der Waals surface area contributed by atoms with E-state index in [2.05, 4.69) is 15.4 Å². The molecule has 1 amide bonds. The second kappa shape index (κ2) is 7.95. The molecule has 4 aliphatic rings. The molecular weight excluding hydrogens is 518 g/mol. The summed E-state index contributed by atoms with van der Waals surface area (Å²) in [5.74, 6) is -0.185. The molecule has 1 aliphatic heterocycles. The number of nitrogens with zero attached hydrogens (tertiary/aromatic N) is 3. The Labute approximate surface area is 211 Å². The van der Waals surface area contributed by atoms with Gasteiger partial charge in [-0.2, -0.15) is 31.4 Å². The molecule has 3 saturated carbocycles. The van der Waals surface area contributed by atoms with Crippen molar-refractivity contribution in [2.45, 2.75) is 61.2 Å². The Morgan fingerprint density at radius 2 is 1.76 bits per heavy atom. The van der Waals surface area contributed by atoms with Crippen LogP contribution in [0.5, 0.6) is 5.75 Å². The highest BCUT2D eigenvalue weighted by molar-refractivity contribution is 5.83. The van der Waals surface area contributed by atoms with Gasteiger partial charge in [0.05, 0.1) is 23.4 Å². The zero-order chi connectivity index (χ0) is 27.1. The molecule has 2 atom stereocenters. The normalized spacial score (nSPS) is 28.0. The van der Waals surface area contributed by atoms with Gasteiger partial charge in [-0.3, -0.25) is 4.79 Å². The number of alkyl halides is 6. The molecule has 0 unspecified atom stereocenters. The van der Waals surface area contributed by atoms with Gasteiger partial charge >= 0.3 is 12.4 Å². The van der Waals surface area contributed by atoms with Crippen LogP contribution in [0.2, 0.25) is 0 Å². The van der Waals surface area contributed by atoms with Gasteiger partial charge in [-0.15, -0.1) is 0 Å². The van der Waals surface area contributed by atoms with Gasteiger partial charge in [-0.1, -0.05) is 0 Å². The molecule has 2 bridgehead atoms. The fourth-order valence-corrected chi connectivity index (χ4v) is 5.82. The molecule has 7 rings (SSSR count). The SMILES string of the molecule is O=C(NC12CC(c3ccnc(-n4cc(C(F)(F)F)cn4)c3)(C1)C2)[C@H]1C[C@@H](O)c2cc(C(F)(F)F)ccc2O1. The predicted molar refractivity (Wildman–Crippen MR) is 118 cm³/mol. The molecule has 3 heterocycles. The van der Waals surface area contributed by atoms with E-state index in [9.17, 15) is 36.2 Å². The van der Waals surface area contributed by atoms with Gasteiger partial charge in [0.2, 0.25) is 0 Å². The lowest BCUT2D eigenvalue weighted by atomic mass is 9.37. The molecule has 0 saturated heterocycles. The minimum atomic E-state index is -4.57. The van der Waals surface area contributed by atoms with E-state index in [-0.39, 0.29) is 29.0 Å². The van der Waals surface area contributed by atoms with Crippen molar-refractivity contribution in [3.05, 3.63) is 71.2 Å². The van der Waals surface area contributed by atoms with E-state index >= 15 is 0 Å². The van der Waals surface area contributed by atoms with Crippen molar-refractivity contribution in [1.82, 2.24) is 20.1 Å². The Hall–Kier alpha value is -3.61. The van der Waals surface area contributed by atoms with Crippen LogP contribution in [0.1, 0.15) is 54.0 Å². The number of benzene rings is 1. The summed E-state index contributed by atoms with van der Waals surface area (Å²) in [7, 11) is 0. The third-order valence-corrected chi connectivity index (χ3v) is 7.62. The lowest BCUT2D eigenvalue weighted by Crippen LogP contribution is -2.77. The molecule has 13 heteroatoms. The molecule has 0 spiro atoms. The van der Waals surface area contributed by atoms with Crippen LogP contribution < -0.4 is 10.1 Å². The lowest BCUT2D eigenvalue weighted by Gasteiger charge is -2.71. The Kier molecular flexibility index (Phi) is 5.17. The van der Waals surface area contributed by atoms with Gasteiger partial charge in [0, 0.05) is 35.3 Å². The predicted octanol–water partition coefficient (Wildman–Crippen LogP) is 4.48. The number of aliphatic hydroxyl groups is 1. The maximum atomic E-state index is 13.0. The van der Waals surface area contributed by atoms with Gasteiger partial charge < -0.3 is 15.2 Å². The van der Waals surface area contributed by atoms with Crippen LogP contribution in [0.15, 0.2) is 48.9 Å². The van der Waals surface area contributed by atoms with Gasteiger partial charge in [-0.05, 0) is 55.2 Å². The Bertz CT molecular complexity index is 1410. The molecule has 200 valence electrons. The number of hydrogen-bond acceptors (Lipinski definition) is 5. The number of fused-ring (bicyclic) bond motifs is 1. The van der Waals surface area contributed by atoms with E-state index in [4.69, 9.17) is 4.74 Å². The van der Waals surface area contributed by atoms with Crippen molar-refractivity contribution >= 4 is 5.91 Å². The number of carbonyl (C=O) groups is 1. The highest BCUT2D eigenvalue weighted by Gasteiger charge is 2.69. The standard InChI is InChI=1S/C25H20F6N4O3/c26-24(27,28)14-1-2-18-16(5-14)17(36)7-19(38-18)21(37)34-23-10-22(11-23,12-23)13-3-4-32-20(6-13)35-9-15(8-33-35)25(29,30)31/h1-6,8-9,17,19,36H,7,10-12H2,(H,34,37)/t17-,19-,22?,23?/m1/s1. The summed E-state index contributed by atoms with van der Waals surface area (Å²) in [4.78, 5) is 17.1. The fourth-order valence-electron chi connectivity index (χ4n) is 5.82. The van der Waals surface area contributed by atoms with Crippen molar-refractivity contribution in [3.8, 4) is 11.6 Å². The lowest BCUT2D eigenvalue weighted by molar-refractivity contribution is -0.147. The molecule has 1 aromatic carbocycles. The van der Waals surface area contributed by atoms with Crippen molar-refractivity contribution in [2.24, 2.45) is 0 Å². The van der Waals surface area contributed by atoms with Gasteiger partial charge in [0.25, 0.3) is 5.91 Å². The fraction of sp³-hybridized carbons (Fsp3) is 0.400. The highest BCUT2D eigenvalue weighted by Crippen LogP contribution is 2.67. The second-order valence-electron chi connectivity index (χ2n) is 10.3. The van der Waals surface area contributed by atoms with Gasteiger partial charge in [-0.25, -0.2) is 9.67 Å². The summed E-state index contributed by atoms with van der Waals surface area (Å²) in [6.07, 6.45) is -6.70. The highest BCUT2D eigenvalue weighted by atomic mass is 19.4. The summed E-state index contributed by atoms with van der Waals surface area (Å²) < 4.78 is 84.4. The van der Waals surface area contributed by atoms with Crippen LogP contribution in [0, 0.1) is 0 Å². The van der Waals surface area contributed by atoms with Crippen LogP contribution in [0.3, 0.4) is 0 Å². The molecule has 3 fully saturated rings. The number of aromatic nitrogens is 3. The third kappa shape index (κ3) is 3.99. The molecule has 0 radical (unpaired) electrons. The first kappa shape index (κ1) is 24.7. The Morgan fingerprint density at radius 3 is 2.42 bits per heavy atom. The minimum Gasteiger partial charge on any atom is -0.480 e. The maximum absolute atomic E-state index is 13.0. The Morgan fingerprint density at radius 1 is 1.05 bits per heavy atom. The number of nitrogens with one attached hydrogen (secondary N) is 1. The summed E-state index contributed by atoms with van der Waals surface area (Å²) in [6.45, 7) is 0. The number of halogens is 6. The van der Waals surface area contributed by atoms with Crippen molar-refractivity contribution in [2.75, 3.05) is 0 Å². The molecular formula is C25H20F6N4O3. The third-order valence-electron chi connectivity index (χ3n) is 7.62. The Balaban J connectivity index is 1.11. The van der Waals surface area contributed by atoms with Crippen LogP contribution in [-0.4, -0.2) is 37.4 Å². The summed E-state index contributed by atoms with van der Waals surface area (Å²) in [5, 5.41) is 17.1.